The highest BCUT2D eigenvalue weighted by atomic mass is 32.2. The third-order valence-electron chi connectivity index (χ3n) is 4.52. The molecule has 1 atom stereocenters. The standard InChI is InChI=1S/C15H19FN2O3S/c16-12-4-2-11(3-5-12)15(7-1-8-15)18-14(19)17-13-6-9-22(20,21)10-13/h2-5,13H,1,6-10H2,(H2,17,18,19)/t13-/m1/s1. The van der Waals surface area contributed by atoms with Crippen molar-refractivity contribution in [1.29, 1.82) is 0 Å². The zero-order chi connectivity index (χ0) is 15.8. The highest BCUT2D eigenvalue weighted by Crippen LogP contribution is 2.41. The Labute approximate surface area is 129 Å². The van der Waals surface area contributed by atoms with Gasteiger partial charge < -0.3 is 10.6 Å². The fourth-order valence-electron chi connectivity index (χ4n) is 3.13. The second-order valence-electron chi connectivity index (χ2n) is 6.14. The van der Waals surface area contributed by atoms with Gasteiger partial charge in [0.2, 0.25) is 0 Å². The lowest BCUT2D eigenvalue weighted by Crippen LogP contribution is -2.55. The van der Waals surface area contributed by atoms with E-state index in [2.05, 4.69) is 10.6 Å². The molecule has 1 aromatic rings. The number of carbonyl (C=O) groups is 1. The van der Waals surface area contributed by atoms with Crippen LogP contribution < -0.4 is 10.6 Å². The molecule has 120 valence electrons. The molecule has 1 aromatic carbocycles. The van der Waals surface area contributed by atoms with E-state index in [0.717, 1.165) is 24.8 Å². The van der Waals surface area contributed by atoms with Crippen molar-refractivity contribution in [2.45, 2.75) is 37.3 Å². The van der Waals surface area contributed by atoms with Gasteiger partial charge in [-0.1, -0.05) is 12.1 Å². The van der Waals surface area contributed by atoms with E-state index in [4.69, 9.17) is 0 Å². The van der Waals surface area contributed by atoms with Crippen LogP contribution >= 0.6 is 0 Å². The number of hydrogen-bond acceptors (Lipinski definition) is 3. The molecule has 1 aliphatic carbocycles. The van der Waals surface area contributed by atoms with Crippen LogP contribution in [-0.2, 0) is 15.4 Å². The number of hydrogen-bond donors (Lipinski definition) is 2. The molecule has 1 saturated carbocycles. The number of urea groups is 1. The van der Waals surface area contributed by atoms with Crippen molar-refractivity contribution in [3.8, 4) is 0 Å². The second-order valence-corrected chi connectivity index (χ2v) is 8.37. The Kier molecular flexibility index (Phi) is 3.84. The van der Waals surface area contributed by atoms with Gasteiger partial charge in [0.1, 0.15) is 5.82 Å². The van der Waals surface area contributed by atoms with E-state index in [-0.39, 0.29) is 29.4 Å². The van der Waals surface area contributed by atoms with Gasteiger partial charge in [0.05, 0.1) is 17.0 Å². The number of sulfone groups is 1. The van der Waals surface area contributed by atoms with Crippen LogP contribution in [0.1, 0.15) is 31.2 Å². The van der Waals surface area contributed by atoms with E-state index < -0.39 is 15.4 Å². The lowest BCUT2D eigenvalue weighted by atomic mass is 9.72. The first-order valence-electron chi connectivity index (χ1n) is 7.44. The van der Waals surface area contributed by atoms with Crippen LogP contribution in [0.2, 0.25) is 0 Å². The quantitative estimate of drug-likeness (QED) is 0.887. The Bertz CT molecular complexity index is 669. The summed E-state index contributed by atoms with van der Waals surface area (Å²) in [5, 5.41) is 5.69. The van der Waals surface area contributed by atoms with E-state index in [1.165, 1.54) is 12.1 Å². The predicted molar refractivity (Wildman–Crippen MR) is 80.7 cm³/mol. The molecule has 2 aliphatic rings. The summed E-state index contributed by atoms with van der Waals surface area (Å²) >= 11 is 0. The largest absolute Gasteiger partial charge is 0.334 e. The summed E-state index contributed by atoms with van der Waals surface area (Å²) in [5.41, 5.74) is 0.421. The topological polar surface area (TPSA) is 75.3 Å². The average Bonchev–Trinajstić information content (AvgIpc) is 2.74. The van der Waals surface area contributed by atoms with Crippen molar-refractivity contribution in [3.05, 3.63) is 35.6 Å². The van der Waals surface area contributed by atoms with Gasteiger partial charge in [-0.25, -0.2) is 17.6 Å². The minimum absolute atomic E-state index is 0.00394. The van der Waals surface area contributed by atoms with E-state index in [1.54, 1.807) is 12.1 Å². The molecule has 1 saturated heterocycles. The van der Waals surface area contributed by atoms with Crippen LogP contribution in [0, 0.1) is 5.82 Å². The molecule has 5 nitrogen and oxygen atoms in total. The van der Waals surface area contributed by atoms with Crippen molar-refractivity contribution in [2.24, 2.45) is 0 Å². The lowest BCUT2D eigenvalue weighted by Gasteiger charge is -2.43. The summed E-state index contributed by atoms with van der Waals surface area (Å²) in [6.45, 7) is 0. The van der Waals surface area contributed by atoms with Gasteiger partial charge in [-0.05, 0) is 43.4 Å². The van der Waals surface area contributed by atoms with Crippen LogP contribution in [-0.4, -0.2) is 32.0 Å². The van der Waals surface area contributed by atoms with Crippen molar-refractivity contribution in [2.75, 3.05) is 11.5 Å². The summed E-state index contributed by atoms with van der Waals surface area (Å²) in [5.74, 6) is -0.177. The maximum Gasteiger partial charge on any atom is 0.315 e. The van der Waals surface area contributed by atoms with Crippen molar-refractivity contribution >= 4 is 15.9 Å². The summed E-state index contributed by atoms with van der Waals surface area (Å²) in [7, 11) is -3.02. The Hall–Kier alpha value is -1.63. The third kappa shape index (κ3) is 3.09. The van der Waals surface area contributed by atoms with E-state index in [0.29, 0.717) is 6.42 Å². The molecule has 3 rings (SSSR count). The molecule has 0 aromatic heterocycles. The molecule has 0 unspecified atom stereocenters. The minimum atomic E-state index is -3.02. The molecule has 0 spiro atoms. The fraction of sp³-hybridized carbons (Fsp3) is 0.533. The van der Waals surface area contributed by atoms with Gasteiger partial charge in [-0.2, -0.15) is 0 Å². The second kappa shape index (κ2) is 5.53. The van der Waals surface area contributed by atoms with Gasteiger partial charge in [0.25, 0.3) is 0 Å². The summed E-state index contributed by atoms with van der Waals surface area (Å²) in [6, 6.07) is 5.47. The van der Waals surface area contributed by atoms with E-state index in [9.17, 15) is 17.6 Å². The Morgan fingerprint density at radius 1 is 1.23 bits per heavy atom. The maximum absolute atomic E-state index is 13.0. The summed E-state index contributed by atoms with van der Waals surface area (Å²) in [4.78, 5) is 12.2. The number of amides is 2. The monoisotopic (exact) mass is 326 g/mol. The molecule has 2 fully saturated rings. The fourth-order valence-corrected chi connectivity index (χ4v) is 4.81. The van der Waals surface area contributed by atoms with Crippen molar-refractivity contribution in [1.82, 2.24) is 10.6 Å². The van der Waals surface area contributed by atoms with Gasteiger partial charge in [-0.3, -0.25) is 0 Å². The molecule has 22 heavy (non-hydrogen) atoms. The normalized spacial score (nSPS) is 25.2. The van der Waals surface area contributed by atoms with Gasteiger partial charge in [0.15, 0.2) is 9.84 Å². The molecule has 0 bridgehead atoms. The molecule has 1 aliphatic heterocycles. The van der Waals surface area contributed by atoms with Crippen molar-refractivity contribution < 1.29 is 17.6 Å². The van der Waals surface area contributed by atoms with E-state index in [1.807, 2.05) is 0 Å². The lowest BCUT2D eigenvalue weighted by molar-refractivity contribution is 0.175. The first-order chi connectivity index (χ1) is 10.4. The summed E-state index contributed by atoms with van der Waals surface area (Å²) < 4.78 is 35.9. The third-order valence-corrected chi connectivity index (χ3v) is 6.29. The SMILES string of the molecule is O=C(N[C@@H]1CCS(=O)(=O)C1)NC1(c2ccc(F)cc2)CCC1. The predicted octanol–water partition coefficient (Wildman–Crippen LogP) is 1.69. The van der Waals surface area contributed by atoms with Crippen molar-refractivity contribution in [3.63, 3.8) is 0 Å². The summed E-state index contributed by atoms with van der Waals surface area (Å²) in [6.07, 6.45) is 3.05. The van der Waals surface area contributed by atoms with Gasteiger partial charge in [0, 0.05) is 6.04 Å². The van der Waals surface area contributed by atoms with Crippen LogP contribution in [0.3, 0.4) is 0 Å². The molecular formula is C15H19FN2O3S. The molecule has 0 radical (unpaired) electrons. The van der Waals surface area contributed by atoms with Crippen LogP contribution in [0.5, 0.6) is 0 Å². The van der Waals surface area contributed by atoms with Gasteiger partial charge >= 0.3 is 6.03 Å². The number of benzene rings is 1. The van der Waals surface area contributed by atoms with Crippen LogP contribution in [0.25, 0.3) is 0 Å². The van der Waals surface area contributed by atoms with Crippen LogP contribution in [0.4, 0.5) is 9.18 Å². The minimum Gasteiger partial charge on any atom is -0.334 e. The van der Waals surface area contributed by atoms with E-state index >= 15 is 0 Å². The molecule has 2 N–H and O–H groups in total. The number of rotatable bonds is 3. The Morgan fingerprint density at radius 2 is 1.91 bits per heavy atom. The average molecular weight is 326 g/mol. The molecular weight excluding hydrogens is 307 g/mol. The van der Waals surface area contributed by atoms with Crippen LogP contribution in [0.15, 0.2) is 24.3 Å². The zero-order valence-electron chi connectivity index (χ0n) is 12.1. The smallest absolute Gasteiger partial charge is 0.315 e. The zero-order valence-corrected chi connectivity index (χ0v) is 13.0. The van der Waals surface area contributed by atoms with Gasteiger partial charge in [-0.15, -0.1) is 0 Å². The molecule has 2 amide bonds. The highest BCUT2D eigenvalue weighted by Gasteiger charge is 2.40. The highest BCUT2D eigenvalue weighted by molar-refractivity contribution is 7.91. The Morgan fingerprint density at radius 3 is 2.41 bits per heavy atom. The number of halogens is 1. The number of carbonyl (C=O) groups excluding carboxylic acids is 1. The number of nitrogens with one attached hydrogen (secondary N) is 2. The first kappa shape index (κ1) is 15.3. The first-order valence-corrected chi connectivity index (χ1v) is 9.26. The maximum atomic E-state index is 13.0. The molecule has 7 heteroatoms. The molecule has 1 heterocycles. The Balaban J connectivity index is 1.65.